The van der Waals surface area contributed by atoms with E-state index in [0.717, 1.165) is 24.2 Å². The van der Waals surface area contributed by atoms with Crippen LogP contribution >= 0.6 is 11.3 Å². The number of rotatable bonds is 6. The highest BCUT2D eigenvalue weighted by molar-refractivity contribution is 7.17. The predicted molar refractivity (Wildman–Crippen MR) is 104 cm³/mol. The van der Waals surface area contributed by atoms with Crippen molar-refractivity contribution in [1.29, 1.82) is 0 Å². The molecule has 0 bridgehead atoms. The highest BCUT2D eigenvalue weighted by Crippen LogP contribution is 2.25. The first-order chi connectivity index (χ1) is 12.9. The van der Waals surface area contributed by atoms with Crippen LogP contribution in [-0.4, -0.2) is 65.5 Å². The molecule has 8 nitrogen and oxygen atoms in total. The molecule has 1 saturated heterocycles. The quantitative estimate of drug-likeness (QED) is 0.747. The normalized spacial score (nSPS) is 16.7. The van der Waals surface area contributed by atoms with Crippen molar-refractivity contribution in [2.75, 3.05) is 38.1 Å². The number of ether oxygens (including phenoxy) is 1. The topological polar surface area (TPSA) is 91.8 Å². The van der Waals surface area contributed by atoms with Gasteiger partial charge in [0.15, 0.2) is 5.13 Å². The molecule has 9 heteroatoms. The van der Waals surface area contributed by atoms with Gasteiger partial charge in [0.25, 0.3) is 0 Å². The second-order valence-corrected chi connectivity index (χ2v) is 7.38. The van der Waals surface area contributed by atoms with Gasteiger partial charge in [-0.3, -0.25) is 4.79 Å². The summed E-state index contributed by atoms with van der Waals surface area (Å²) in [5, 5.41) is 3.18. The molecule has 1 atom stereocenters. The molecule has 1 unspecified atom stereocenters. The average molecular weight is 397 g/mol. The largest absolute Gasteiger partial charge is 0.462 e. The molecule has 0 saturated carbocycles. The maximum absolute atomic E-state index is 12.6. The number of anilines is 1. The third-order valence-corrected chi connectivity index (χ3v) is 5.64. The molecule has 0 spiro atoms. The van der Waals surface area contributed by atoms with E-state index in [0.29, 0.717) is 41.9 Å². The van der Waals surface area contributed by atoms with E-state index in [1.54, 1.807) is 23.6 Å². The van der Waals surface area contributed by atoms with Crippen molar-refractivity contribution < 1.29 is 19.1 Å². The first-order valence-corrected chi connectivity index (χ1v) is 10.2. The summed E-state index contributed by atoms with van der Waals surface area (Å²) in [4.78, 5) is 45.2. The summed E-state index contributed by atoms with van der Waals surface area (Å²) in [7, 11) is 0. The number of hydrogen-bond acceptors (Lipinski definition) is 6. The van der Waals surface area contributed by atoms with Gasteiger partial charge in [-0.2, -0.15) is 0 Å². The summed E-state index contributed by atoms with van der Waals surface area (Å²) in [6.45, 7) is 10.0. The summed E-state index contributed by atoms with van der Waals surface area (Å²) in [5.41, 5.74) is 0.538. The van der Waals surface area contributed by atoms with E-state index in [9.17, 15) is 14.4 Å². The van der Waals surface area contributed by atoms with Crippen LogP contribution in [0.1, 0.15) is 49.0 Å². The van der Waals surface area contributed by atoms with Crippen molar-refractivity contribution in [3.05, 3.63) is 10.6 Å². The van der Waals surface area contributed by atoms with Gasteiger partial charge >= 0.3 is 12.0 Å². The first kappa shape index (κ1) is 21.1. The zero-order valence-corrected chi connectivity index (χ0v) is 17.2. The lowest BCUT2D eigenvalue weighted by Gasteiger charge is -2.35. The smallest absolute Gasteiger partial charge is 0.350 e. The molecule has 0 aliphatic carbocycles. The Bertz CT molecular complexity index is 687. The van der Waals surface area contributed by atoms with E-state index in [-0.39, 0.29) is 24.5 Å². The highest BCUT2D eigenvalue weighted by atomic mass is 32.1. The SMILES string of the molecule is CCOC(=O)c1sc(NC(=O)C2CCCN(C(=O)N(CC)CC)C2)nc1C. The predicted octanol–water partition coefficient (Wildman–Crippen LogP) is 2.74. The van der Waals surface area contributed by atoms with Crippen LogP contribution in [0.4, 0.5) is 9.93 Å². The van der Waals surface area contributed by atoms with E-state index in [1.807, 2.05) is 13.8 Å². The Labute approximate surface area is 163 Å². The standard InChI is InChI=1S/C18H28N4O4S/c1-5-21(6-2)18(25)22-10-8-9-13(11-22)15(23)20-17-19-12(4)14(27-17)16(24)26-7-3/h13H,5-11H2,1-4H3,(H,19,20,23). The number of carbonyl (C=O) groups excluding carboxylic acids is 3. The number of piperidine rings is 1. The number of likely N-dealkylation sites (tertiary alicyclic amines) is 1. The number of aryl methyl sites for hydroxylation is 1. The number of thiazole rings is 1. The molecule has 1 aromatic heterocycles. The van der Waals surface area contributed by atoms with Crippen molar-refractivity contribution >= 4 is 34.4 Å². The minimum Gasteiger partial charge on any atom is -0.462 e. The highest BCUT2D eigenvalue weighted by Gasteiger charge is 2.30. The van der Waals surface area contributed by atoms with Gasteiger partial charge in [-0.25, -0.2) is 14.6 Å². The van der Waals surface area contributed by atoms with Crippen LogP contribution in [0.5, 0.6) is 0 Å². The molecular formula is C18H28N4O4S. The second kappa shape index (κ2) is 9.68. The summed E-state index contributed by atoms with van der Waals surface area (Å²) in [6.07, 6.45) is 1.51. The molecule has 2 heterocycles. The Morgan fingerprint density at radius 1 is 1.30 bits per heavy atom. The van der Waals surface area contributed by atoms with Crippen LogP contribution in [0, 0.1) is 12.8 Å². The summed E-state index contributed by atoms with van der Waals surface area (Å²) in [5.74, 6) is -0.883. The van der Waals surface area contributed by atoms with E-state index < -0.39 is 5.97 Å². The molecule has 1 aliphatic rings. The number of hydrogen-bond donors (Lipinski definition) is 1. The summed E-state index contributed by atoms with van der Waals surface area (Å²) >= 11 is 1.11. The second-order valence-electron chi connectivity index (χ2n) is 6.38. The van der Waals surface area contributed by atoms with Gasteiger partial charge < -0.3 is 19.9 Å². The van der Waals surface area contributed by atoms with Crippen molar-refractivity contribution in [3.8, 4) is 0 Å². The Morgan fingerprint density at radius 2 is 2.00 bits per heavy atom. The van der Waals surface area contributed by atoms with Crippen molar-refractivity contribution in [3.63, 3.8) is 0 Å². The van der Waals surface area contributed by atoms with Gasteiger partial charge in [-0.05, 0) is 40.5 Å². The molecular weight excluding hydrogens is 368 g/mol. The van der Waals surface area contributed by atoms with E-state index in [4.69, 9.17) is 4.74 Å². The third kappa shape index (κ3) is 5.18. The number of urea groups is 1. The molecule has 0 aromatic carbocycles. The fourth-order valence-corrected chi connectivity index (χ4v) is 3.97. The van der Waals surface area contributed by atoms with Gasteiger partial charge in [0, 0.05) is 26.2 Å². The lowest BCUT2D eigenvalue weighted by atomic mass is 9.97. The molecule has 1 aromatic rings. The van der Waals surface area contributed by atoms with Crippen molar-refractivity contribution in [1.82, 2.24) is 14.8 Å². The van der Waals surface area contributed by atoms with Crippen LogP contribution in [0.2, 0.25) is 0 Å². The number of amides is 3. The number of nitrogens with zero attached hydrogens (tertiary/aromatic N) is 3. The third-order valence-electron chi connectivity index (χ3n) is 4.58. The van der Waals surface area contributed by atoms with Crippen LogP contribution in [0.25, 0.3) is 0 Å². The van der Waals surface area contributed by atoms with Crippen LogP contribution in [-0.2, 0) is 9.53 Å². The zero-order valence-electron chi connectivity index (χ0n) is 16.4. The molecule has 1 N–H and O–H groups in total. The lowest BCUT2D eigenvalue weighted by molar-refractivity contribution is -0.121. The molecule has 150 valence electrons. The number of nitrogens with one attached hydrogen (secondary N) is 1. The maximum Gasteiger partial charge on any atom is 0.350 e. The molecule has 3 amide bonds. The summed E-state index contributed by atoms with van der Waals surface area (Å²) in [6, 6.07) is -0.0211. The first-order valence-electron chi connectivity index (χ1n) is 9.40. The summed E-state index contributed by atoms with van der Waals surface area (Å²) < 4.78 is 5.00. The minimum absolute atomic E-state index is 0.0211. The van der Waals surface area contributed by atoms with Gasteiger partial charge in [-0.1, -0.05) is 11.3 Å². The van der Waals surface area contributed by atoms with Gasteiger partial charge in [0.05, 0.1) is 18.2 Å². The monoisotopic (exact) mass is 396 g/mol. The molecule has 2 rings (SSSR count). The minimum atomic E-state index is -0.429. The van der Waals surface area contributed by atoms with Gasteiger partial charge in [0.2, 0.25) is 5.91 Å². The van der Waals surface area contributed by atoms with E-state index in [2.05, 4.69) is 10.3 Å². The fraction of sp³-hybridized carbons (Fsp3) is 0.667. The molecule has 1 aliphatic heterocycles. The number of aromatic nitrogens is 1. The Morgan fingerprint density at radius 3 is 2.63 bits per heavy atom. The molecule has 27 heavy (non-hydrogen) atoms. The number of carbonyl (C=O) groups is 3. The van der Waals surface area contributed by atoms with E-state index >= 15 is 0 Å². The van der Waals surface area contributed by atoms with Crippen LogP contribution in [0.15, 0.2) is 0 Å². The molecule has 0 radical (unpaired) electrons. The Hall–Kier alpha value is -2.16. The average Bonchev–Trinajstić information content (AvgIpc) is 3.03. The zero-order chi connectivity index (χ0) is 20.0. The van der Waals surface area contributed by atoms with Crippen molar-refractivity contribution in [2.24, 2.45) is 5.92 Å². The van der Waals surface area contributed by atoms with Gasteiger partial charge in [0.1, 0.15) is 4.88 Å². The van der Waals surface area contributed by atoms with Crippen LogP contribution in [0.3, 0.4) is 0 Å². The van der Waals surface area contributed by atoms with Crippen molar-refractivity contribution in [2.45, 2.75) is 40.5 Å². The fourth-order valence-electron chi connectivity index (χ4n) is 3.10. The lowest BCUT2D eigenvalue weighted by Crippen LogP contribution is -2.49. The van der Waals surface area contributed by atoms with Crippen LogP contribution < -0.4 is 5.32 Å². The van der Waals surface area contributed by atoms with Gasteiger partial charge in [-0.15, -0.1) is 0 Å². The molecule has 1 fully saturated rings. The number of esters is 1. The Kier molecular flexibility index (Phi) is 7.58. The maximum atomic E-state index is 12.6. The Balaban J connectivity index is 2.00. The van der Waals surface area contributed by atoms with E-state index in [1.165, 1.54) is 0 Å².